The number of nitrogens with zero attached hydrogens (tertiary/aromatic N) is 2. The van der Waals surface area contributed by atoms with Crippen LogP contribution in [0.25, 0.3) is 0 Å². The second kappa shape index (κ2) is 5.51. The first-order chi connectivity index (χ1) is 9.10. The topological polar surface area (TPSA) is 64.4 Å². The zero-order chi connectivity index (χ0) is 13.8. The summed E-state index contributed by atoms with van der Waals surface area (Å²) in [6, 6.07) is 7.06. The van der Waals surface area contributed by atoms with Crippen LogP contribution in [-0.4, -0.2) is 20.9 Å². The number of rotatable bonds is 5. The number of aryl methyl sites for hydroxylation is 1. The number of aromatic nitrogens is 2. The highest BCUT2D eigenvalue weighted by Crippen LogP contribution is 2.13. The van der Waals surface area contributed by atoms with Gasteiger partial charge in [0.2, 0.25) is 0 Å². The fourth-order valence-electron chi connectivity index (χ4n) is 1.64. The van der Waals surface area contributed by atoms with Crippen LogP contribution in [0.3, 0.4) is 0 Å². The van der Waals surface area contributed by atoms with Gasteiger partial charge in [-0.05, 0) is 37.3 Å². The number of hydrogen-bond acceptors (Lipinski definition) is 3. The number of carboxylic acid groups (broad SMARTS) is 1. The molecule has 0 bridgehead atoms. The Morgan fingerprint density at radius 1 is 1.42 bits per heavy atom. The van der Waals surface area contributed by atoms with Crippen molar-refractivity contribution in [2.75, 3.05) is 0 Å². The molecule has 6 heteroatoms. The van der Waals surface area contributed by atoms with Crippen LogP contribution < -0.4 is 4.74 Å². The molecule has 0 aliphatic carbocycles. The van der Waals surface area contributed by atoms with Gasteiger partial charge in [-0.25, -0.2) is 9.18 Å². The first-order valence-corrected chi connectivity index (χ1v) is 5.78. The number of carboxylic acids is 1. The van der Waals surface area contributed by atoms with Gasteiger partial charge in [0.1, 0.15) is 29.6 Å². The number of halogens is 1. The third-order valence-corrected chi connectivity index (χ3v) is 2.55. The molecule has 0 aliphatic heterocycles. The van der Waals surface area contributed by atoms with Gasteiger partial charge < -0.3 is 9.84 Å². The van der Waals surface area contributed by atoms with E-state index in [1.54, 1.807) is 0 Å². The summed E-state index contributed by atoms with van der Waals surface area (Å²) in [4.78, 5) is 11.0. The van der Waals surface area contributed by atoms with E-state index in [0.717, 1.165) is 0 Å². The molecule has 0 spiro atoms. The molecule has 1 heterocycles. The Hall–Kier alpha value is -2.37. The third kappa shape index (κ3) is 3.09. The van der Waals surface area contributed by atoms with Gasteiger partial charge in [0.05, 0.1) is 0 Å². The molecule has 5 nitrogen and oxygen atoms in total. The largest absolute Gasteiger partial charge is 0.487 e. The zero-order valence-electron chi connectivity index (χ0n) is 10.3. The predicted molar refractivity (Wildman–Crippen MR) is 65.6 cm³/mol. The van der Waals surface area contributed by atoms with Crippen LogP contribution >= 0.6 is 0 Å². The van der Waals surface area contributed by atoms with E-state index in [1.165, 1.54) is 35.0 Å². The molecular formula is C13H13FN2O3. The summed E-state index contributed by atoms with van der Waals surface area (Å²) in [5.74, 6) is -0.859. The minimum Gasteiger partial charge on any atom is -0.487 e. The maximum Gasteiger partial charge on any atom is 0.354 e. The Kier molecular flexibility index (Phi) is 3.79. The normalized spacial score (nSPS) is 10.4. The molecule has 0 atom stereocenters. The maximum absolute atomic E-state index is 12.7. The van der Waals surface area contributed by atoms with Crippen molar-refractivity contribution in [2.45, 2.75) is 20.1 Å². The summed E-state index contributed by atoms with van der Waals surface area (Å²) < 4.78 is 19.5. The summed E-state index contributed by atoms with van der Waals surface area (Å²) >= 11 is 0. The molecule has 0 unspecified atom stereocenters. The lowest BCUT2D eigenvalue weighted by molar-refractivity contribution is 0.0683. The van der Waals surface area contributed by atoms with Crippen molar-refractivity contribution >= 4 is 5.97 Å². The average Bonchev–Trinajstić information content (AvgIpc) is 2.81. The molecule has 0 saturated heterocycles. The van der Waals surface area contributed by atoms with Crippen LogP contribution in [0.2, 0.25) is 0 Å². The van der Waals surface area contributed by atoms with Gasteiger partial charge in [0, 0.05) is 6.54 Å². The summed E-state index contributed by atoms with van der Waals surface area (Å²) in [5.41, 5.74) is 0.642. The van der Waals surface area contributed by atoms with E-state index in [-0.39, 0.29) is 18.1 Å². The number of hydrogen-bond donors (Lipinski definition) is 1. The van der Waals surface area contributed by atoms with Crippen molar-refractivity contribution in [2.24, 2.45) is 0 Å². The molecule has 1 aromatic carbocycles. The van der Waals surface area contributed by atoms with Crippen LogP contribution in [0, 0.1) is 5.82 Å². The van der Waals surface area contributed by atoms with Crippen LogP contribution in [0.15, 0.2) is 30.3 Å². The first-order valence-electron chi connectivity index (χ1n) is 5.78. The second-order valence-electron chi connectivity index (χ2n) is 3.88. The van der Waals surface area contributed by atoms with Crippen LogP contribution in [0.4, 0.5) is 4.39 Å². The van der Waals surface area contributed by atoms with Gasteiger partial charge in [-0.2, -0.15) is 5.10 Å². The van der Waals surface area contributed by atoms with Gasteiger partial charge in [-0.1, -0.05) is 0 Å². The van der Waals surface area contributed by atoms with Crippen LogP contribution in [-0.2, 0) is 13.2 Å². The predicted octanol–water partition coefficient (Wildman–Crippen LogP) is 2.32. The third-order valence-electron chi connectivity index (χ3n) is 2.55. The lowest BCUT2D eigenvalue weighted by Crippen LogP contribution is -2.08. The highest BCUT2D eigenvalue weighted by Gasteiger charge is 2.13. The summed E-state index contributed by atoms with van der Waals surface area (Å²) in [7, 11) is 0. The Morgan fingerprint density at radius 3 is 2.63 bits per heavy atom. The Morgan fingerprint density at radius 2 is 2.11 bits per heavy atom. The molecule has 2 aromatic rings. The van der Waals surface area contributed by atoms with Crippen molar-refractivity contribution in [1.82, 2.24) is 9.78 Å². The molecule has 0 aliphatic rings. The van der Waals surface area contributed by atoms with Gasteiger partial charge >= 0.3 is 5.97 Å². The average molecular weight is 264 g/mol. The lowest BCUT2D eigenvalue weighted by Gasteiger charge is -2.03. The highest BCUT2D eigenvalue weighted by molar-refractivity contribution is 5.85. The number of aromatic carboxylic acids is 1. The van der Waals surface area contributed by atoms with Gasteiger partial charge in [0.25, 0.3) is 0 Å². The Balaban J connectivity index is 2.07. The van der Waals surface area contributed by atoms with Crippen molar-refractivity contribution < 1.29 is 19.0 Å². The highest BCUT2D eigenvalue weighted by atomic mass is 19.1. The van der Waals surface area contributed by atoms with Gasteiger partial charge in [-0.3, -0.25) is 4.68 Å². The molecular weight excluding hydrogens is 251 g/mol. The Bertz CT molecular complexity index is 578. The minimum absolute atomic E-state index is 0.125. The molecule has 0 fully saturated rings. The lowest BCUT2D eigenvalue weighted by atomic mass is 10.3. The standard InChI is InChI=1S/C13H13FN2O3/c1-2-16-12(13(17)18)7-10(15-16)8-19-11-5-3-9(14)4-6-11/h3-7H,2,8H2,1H3,(H,17,18). The van der Waals surface area contributed by atoms with E-state index in [2.05, 4.69) is 5.10 Å². The van der Waals surface area contributed by atoms with Gasteiger partial charge in [-0.15, -0.1) is 0 Å². The number of benzene rings is 1. The molecule has 0 saturated carbocycles. The quantitative estimate of drug-likeness (QED) is 0.900. The number of ether oxygens (including phenoxy) is 1. The zero-order valence-corrected chi connectivity index (χ0v) is 10.3. The monoisotopic (exact) mass is 264 g/mol. The second-order valence-corrected chi connectivity index (χ2v) is 3.88. The minimum atomic E-state index is -1.03. The van der Waals surface area contributed by atoms with E-state index in [9.17, 15) is 9.18 Å². The fourth-order valence-corrected chi connectivity index (χ4v) is 1.64. The van der Waals surface area contributed by atoms with Crippen LogP contribution in [0.5, 0.6) is 5.75 Å². The molecule has 0 radical (unpaired) electrons. The first kappa shape index (κ1) is 13.1. The molecule has 0 amide bonds. The van der Waals surface area contributed by atoms with E-state index >= 15 is 0 Å². The fraction of sp³-hybridized carbons (Fsp3) is 0.231. The number of carbonyl (C=O) groups is 1. The maximum atomic E-state index is 12.7. The van der Waals surface area contributed by atoms with E-state index in [0.29, 0.717) is 18.0 Å². The molecule has 100 valence electrons. The van der Waals surface area contributed by atoms with Crippen molar-refractivity contribution in [3.63, 3.8) is 0 Å². The summed E-state index contributed by atoms with van der Waals surface area (Å²) in [6.07, 6.45) is 0. The Labute approximate surface area is 109 Å². The molecule has 19 heavy (non-hydrogen) atoms. The smallest absolute Gasteiger partial charge is 0.354 e. The van der Waals surface area contributed by atoms with E-state index in [4.69, 9.17) is 9.84 Å². The summed E-state index contributed by atoms with van der Waals surface area (Å²) in [5, 5.41) is 13.1. The summed E-state index contributed by atoms with van der Waals surface area (Å²) in [6.45, 7) is 2.42. The van der Waals surface area contributed by atoms with Gasteiger partial charge in [0.15, 0.2) is 0 Å². The van der Waals surface area contributed by atoms with Crippen molar-refractivity contribution in [3.8, 4) is 5.75 Å². The van der Waals surface area contributed by atoms with E-state index < -0.39 is 5.97 Å². The van der Waals surface area contributed by atoms with Crippen molar-refractivity contribution in [1.29, 1.82) is 0 Å². The molecule has 1 aromatic heterocycles. The SMILES string of the molecule is CCn1nc(COc2ccc(F)cc2)cc1C(=O)O. The van der Waals surface area contributed by atoms with Crippen molar-refractivity contribution in [3.05, 3.63) is 47.5 Å². The van der Waals surface area contributed by atoms with E-state index in [1.807, 2.05) is 6.92 Å². The molecule has 2 rings (SSSR count). The van der Waals surface area contributed by atoms with Crippen LogP contribution in [0.1, 0.15) is 23.1 Å². The molecule has 1 N–H and O–H groups in total.